The molecule has 1 heterocycles. The molecule has 1 amide bonds. The van der Waals surface area contributed by atoms with Crippen LogP contribution in [0.3, 0.4) is 0 Å². The average molecular weight is 200 g/mol. The number of rotatable bonds is 4. The zero-order valence-electron chi connectivity index (χ0n) is 8.83. The Bertz CT molecular complexity index is 177. The summed E-state index contributed by atoms with van der Waals surface area (Å²) in [4.78, 5) is 13.2. The molecular formula is C10H20N2O2. The lowest BCUT2D eigenvalue weighted by Gasteiger charge is -2.29. The van der Waals surface area contributed by atoms with E-state index in [1.165, 1.54) is 0 Å². The Labute approximate surface area is 85.3 Å². The third-order valence-electron chi connectivity index (χ3n) is 2.63. The molecule has 4 nitrogen and oxygen atoms in total. The van der Waals surface area contributed by atoms with Gasteiger partial charge in [0, 0.05) is 32.6 Å². The van der Waals surface area contributed by atoms with Gasteiger partial charge >= 0.3 is 0 Å². The van der Waals surface area contributed by atoms with Crippen molar-refractivity contribution in [3.05, 3.63) is 0 Å². The summed E-state index contributed by atoms with van der Waals surface area (Å²) >= 11 is 0. The molecule has 0 radical (unpaired) electrons. The van der Waals surface area contributed by atoms with E-state index in [2.05, 4.69) is 10.2 Å². The van der Waals surface area contributed by atoms with Gasteiger partial charge in [0.25, 0.3) is 0 Å². The smallest absolute Gasteiger partial charge is 0.219 e. The lowest BCUT2D eigenvalue weighted by atomic mass is 10.1. The average Bonchev–Trinajstić information content (AvgIpc) is 2.21. The maximum absolute atomic E-state index is 10.9. The molecule has 1 saturated heterocycles. The van der Waals surface area contributed by atoms with Crippen LogP contribution in [0.5, 0.6) is 0 Å². The SMILES string of the molecule is CCC(=O)NCCN1CCC(O)CC1. The number of carbonyl (C=O) groups excluding carboxylic acids is 1. The molecule has 0 atom stereocenters. The van der Waals surface area contributed by atoms with Gasteiger partial charge < -0.3 is 15.3 Å². The number of aliphatic hydroxyl groups is 1. The fraction of sp³-hybridized carbons (Fsp3) is 0.900. The largest absolute Gasteiger partial charge is 0.393 e. The second-order valence-corrected chi connectivity index (χ2v) is 3.78. The number of amides is 1. The van der Waals surface area contributed by atoms with Crippen molar-refractivity contribution in [2.45, 2.75) is 32.3 Å². The summed E-state index contributed by atoms with van der Waals surface area (Å²) < 4.78 is 0. The molecule has 4 heteroatoms. The van der Waals surface area contributed by atoms with Crippen LogP contribution in [0.1, 0.15) is 26.2 Å². The maximum atomic E-state index is 10.9. The van der Waals surface area contributed by atoms with Crippen molar-refractivity contribution in [2.75, 3.05) is 26.2 Å². The van der Waals surface area contributed by atoms with Gasteiger partial charge in [0.15, 0.2) is 0 Å². The summed E-state index contributed by atoms with van der Waals surface area (Å²) in [6, 6.07) is 0. The van der Waals surface area contributed by atoms with E-state index in [-0.39, 0.29) is 12.0 Å². The van der Waals surface area contributed by atoms with Crippen LogP contribution in [0.4, 0.5) is 0 Å². The lowest BCUT2D eigenvalue weighted by molar-refractivity contribution is -0.120. The number of hydrogen-bond acceptors (Lipinski definition) is 3. The first-order valence-electron chi connectivity index (χ1n) is 5.39. The van der Waals surface area contributed by atoms with Gasteiger partial charge in [0.05, 0.1) is 6.10 Å². The summed E-state index contributed by atoms with van der Waals surface area (Å²) in [5, 5.41) is 12.1. The van der Waals surface area contributed by atoms with Gasteiger partial charge in [-0.15, -0.1) is 0 Å². The zero-order valence-corrected chi connectivity index (χ0v) is 8.83. The predicted octanol–water partition coefficient (Wildman–Crippen LogP) is -0.0307. The summed E-state index contributed by atoms with van der Waals surface area (Å²) in [5.74, 6) is 0.113. The van der Waals surface area contributed by atoms with Gasteiger partial charge in [-0.2, -0.15) is 0 Å². The number of likely N-dealkylation sites (tertiary alicyclic amines) is 1. The fourth-order valence-corrected chi connectivity index (χ4v) is 1.62. The van der Waals surface area contributed by atoms with Gasteiger partial charge in [0.1, 0.15) is 0 Å². The minimum absolute atomic E-state index is 0.113. The quantitative estimate of drug-likeness (QED) is 0.670. The lowest BCUT2D eigenvalue weighted by Crippen LogP contribution is -2.40. The summed E-state index contributed by atoms with van der Waals surface area (Å²) in [6.45, 7) is 5.38. The molecule has 0 bridgehead atoms. The number of nitrogens with one attached hydrogen (secondary N) is 1. The first kappa shape index (κ1) is 11.5. The Hall–Kier alpha value is -0.610. The Morgan fingerprint density at radius 2 is 2.14 bits per heavy atom. The molecule has 1 rings (SSSR count). The van der Waals surface area contributed by atoms with Crippen molar-refractivity contribution in [1.29, 1.82) is 0 Å². The highest BCUT2D eigenvalue weighted by molar-refractivity contribution is 5.75. The molecule has 0 aromatic rings. The third-order valence-corrected chi connectivity index (χ3v) is 2.63. The second kappa shape index (κ2) is 5.98. The molecule has 2 N–H and O–H groups in total. The van der Waals surface area contributed by atoms with Crippen LogP contribution in [-0.2, 0) is 4.79 Å². The molecule has 0 saturated carbocycles. The highest BCUT2D eigenvalue weighted by atomic mass is 16.3. The minimum atomic E-state index is -0.114. The predicted molar refractivity (Wildman–Crippen MR) is 55.0 cm³/mol. The van der Waals surface area contributed by atoms with Crippen molar-refractivity contribution in [1.82, 2.24) is 10.2 Å². The number of carbonyl (C=O) groups is 1. The van der Waals surface area contributed by atoms with E-state index in [0.717, 1.165) is 39.0 Å². The first-order valence-corrected chi connectivity index (χ1v) is 5.39. The van der Waals surface area contributed by atoms with Crippen LogP contribution in [0, 0.1) is 0 Å². The van der Waals surface area contributed by atoms with Crippen LogP contribution in [-0.4, -0.2) is 48.2 Å². The van der Waals surface area contributed by atoms with Crippen molar-refractivity contribution < 1.29 is 9.90 Å². The number of hydrogen-bond donors (Lipinski definition) is 2. The van der Waals surface area contributed by atoms with Crippen LogP contribution in [0.15, 0.2) is 0 Å². The Kier molecular flexibility index (Phi) is 4.90. The highest BCUT2D eigenvalue weighted by Gasteiger charge is 2.16. The molecule has 1 aliphatic heterocycles. The summed E-state index contributed by atoms with van der Waals surface area (Å²) in [6.07, 6.45) is 2.17. The summed E-state index contributed by atoms with van der Waals surface area (Å²) in [7, 11) is 0. The molecular weight excluding hydrogens is 180 g/mol. The monoisotopic (exact) mass is 200 g/mol. The van der Waals surface area contributed by atoms with Crippen molar-refractivity contribution in [2.24, 2.45) is 0 Å². The molecule has 0 aliphatic carbocycles. The van der Waals surface area contributed by atoms with Crippen LogP contribution >= 0.6 is 0 Å². The number of nitrogens with zero attached hydrogens (tertiary/aromatic N) is 1. The van der Waals surface area contributed by atoms with Gasteiger partial charge in [-0.3, -0.25) is 4.79 Å². The minimum Gasteiger partial charge on any atom is -0.393 e. The topological polar surface area (TPSA) is 52.6 Å². The van der Waals surface area contributed by atoms with Gasteiger partial charge in [-0.25, -0.2) is 0 Å². The van der Waals surface area contributed by atoms with E-state index >= 15 is 0 Å². The van der Waals surface area contributed by atoms with Crippen LogP contribution in [0.2, 0.25) is 0 Å². The van der Waals surface area contributed by atoms with E-state index in [1.807, 2.05) is 6.92 Å². The van der Waals surface area contributed by atoms with Crippen LogP contribution < -0.4 is 5.32 Å². The van der Waals surface area contributed by atoms with E-state index in [9.17, 15) is 9.90 Å². The van der Waals surface area contributed by atoms with E-state index in [0.29, 0.717) is 6.42 Å². The van der Waals surface area contributed by atoms with Crippen molar-refractivity contribution >= 4 is 5.91 Å². The van der Waals surface area contributed by atoms with Crippen LogP contribution in [0.25, 0.3) is 0 Å². The normalized spacial score (nSPS) is 19.6. The molecule has 82 valence electrons. The molecule has 0 unspecified atom stereocenters. The zero-order chi connectivity index (χ0) is 10.4. The first-order chi connectivity index (χ1) is 6.72. The molecule has 0 aromatic carbocycles. The summed E-state index contributed by atoms with van der Waals surface area (Å²) in [5.41, 5.74) is 0. The van der Waals surface area contributed by atoms with E-state index in [4.69, 9.17) is 0 Å². The van der Waals surface area contributed by atoms with E-state index < -0.39 is 0 Å². The molecule has 0 spiro atoms. The Balaban J connectivity index is 2.04. The Morgan fingerprint density at radius 3 is 2.71 bits per heavy atom. The standard InChI is InChI=1S/C10H20N2O2/c1-2-10(14)11-5-8-12-6-3-9(13)4-7-12/h9,13H,2-8H2,1H3,(H,11,14). The second-order valence-electron chi connectivity index (χ2n) is 3.78. The van der Waals surface area contributed by atoms with Crippen molar-refractivity contribution in [3.8, 4) is 0 Å². The number of piperidine rings is 1. The third kappa shape index (κ3) is 4.07. The highest BCUT2D eigenvalue weighted by Crippen LogP contribution is 2.08. The molecule has 14 heavy (non-hydrogen) atoms. The number of aliphatic hydroxyl groups excluding tert-OH is 1. The molecule has 0 aromatic heterocycles. The fourth-order valence-electron chi connectivity index (χ4n) is 1.62. The van der Waals surface area contributed by atoms with Gasteiger partial charge in [-0.1, -0.05) is 6.92 Å². The molecule has 1 fully saturated rings. The van der Waals surface area contributed by atoms with Crippen molar-refractivity contribution in [3.63, 3.8) is 0 Å². The Morgan fingerprint density at radius 1 is 1.50 bits per heavy atom. The van der Waals surface area contributed by atoms with Gasteiger partial charge in [-0.05, 0) is 12.8 Å². The molecule has 1 aliphatic rings. The van der Waals surface area contributed by atoms with E-state index in [1.54, 1.807) is 0 Å². The maximum Gasteiger partial charge on any atom is 0.219 e. The van der Waals surface area contributed by atoms with Gasteiger partial charge in [0.2, 0.25) is 5.91 Å².